The summed E-state index contributed by atoms with van der Waals surface area (Å²) < 4.78 is 5.14. The van der Waals surface area contributed by atoms with Crippen LogP contribution in [0.3, 0.4) is 0 Å². The van der Waals surface area contributed by atoms with Crippen molar-refractivity contribution in [1.82, 2.24) is 20.9 Å². The molecule has 8 nitrogen and oxygen atoms in total. The van der Waals surface area contributed by atoms with Crippen molar-refractivity contribution >= 4 is 17.7 Å². The van der Waals surface area contributed by atoms with Crippen LogP contribution in [0, 0.1) is 0 Å². The Bertz CT molecular complexity index is 884. The average molecular weight is 410 g/mol. The van der Waals surface area contributed by atoms with Crippen LogP contribution in [-0.4, -0.2) is 53.8 Å². The van der Waals surface area contributed by atoms with Crippen LogP contribution < -0.4 is 16.0 Å². The minimum atomic E-state index is -0.280. The summed E-state index contributed by atoms with van der Waals surface area (Å²) in [5.74, 6) is -0.0400. The maximum atomic E-state index is 12.3. The van der Waals surface area contributed by atoms with Crippen LogP contribution in [0.25, 0.3) is 0 Å². The van der Waals surface area contributed by atoms with Crippen molar-refractivity contribution in [3.8, 4) is 0 Å². The monoisotopic (exact) mass is 410 g/mol. The Balaban J connectivity index is 1.28. The molecule has 1 aromatic carbocycles. The standard InChI is InChI=1S/C22H26N4O4/c27-20(23-12-15-5-2-1-3-6-15)9-8-17-13-24-21(28)18-11-16(14-26(17)18)25-22(29)19-7-4-10-30-19/h1-7,10,16-18H,8-9,11-14H2,(H,23,27)(H,24,28)(H,25,29). The first-order valence-electron chi connectivity index (χ1n) is 10.3. The molecule has 8 heteroatoms. The zero-order valence-electron chi connectivity index (χ0n) is 16.7. The number of benzene rings is 1. The lowest BCUT2D eigenvalue weighted by atomic mass is 10.0. The summed E-state index contributed by atoms with van der Waals surface area (Å²) in [4.78, 5) is 39.0. The number of rotatable bonds is 7. The third-order valence-corrected chi connectivity index (χ3v) is 5.74. The molecule has 2 fully saturated rings. The average Bonchev–Trinajstić information content (AvgIpc) is 3.43. The van der Waals surface area contributed by atoms with Crippen molar-refractivity contribution in [2.75, 3.05) is 13.1 Å². The van der Waals surface area contributed by atoms with Crippen LogP contribution >= 0.6 is 0 Å². The van der Waals surface area contributed by atoms with Crippen molar-refractivity contribution in [2.24, 2.45) is 0 Å². The minimum Gasteiger partial charge on any atom is -0.459 e. The number of nitrogens with one attached hydrogen (secondary N) is 3. The van der Waals surface area contributed by atoms with Gasteiger partial charge >= 0.3 is 0 Å². The normalized spacial score (nSPS) is 23.5. The fourth-order valence-electron chi connectivity index (χ4n) is 4.20. The summed E-state index contributed by atoms with van der Waals surface area (Å²) in [5.41, 5.74) is 1.06. The molecule has 2 aliphatic rings. The Labute approximate surface area is 175 Å². The van der Waals surface area contributed by atoms with E-state index in [0.717, 1.165) is 5.56 Å². The molecule has 3 N–H and O–H groups in total. The highest BCUT2D eigenvalue weighted by Gasteiger charge is 2.43. The van der Waals surface area contributed by atoms with E-state index in [1.807, 2.05) is 30.3 Å². The maximum absolute atomic E-state index is 12.3. The lowest BCUT2D eigenvalue weighted by molar-refractivity contribution is -0.129. The highest BCUT2D eigenvalue weighted by Crippen LogP contribution is 2.26. The third-order valence-electron chi connectivity index (χ3n) is 5.74. The van der Waals surface area contributed by atoms with E-state index in [0.29, 0.717) is 38.9 Å². The third kappa shape index (κ3) is 4.71. The molecular weight excluding hydrogens is 384 g/mol. The summed E-state index contributed by atoms with van der Waals surface area (Å²) in [6.07, 6.45) is 3.05. The van der Waals surface area contributed by atoms with E-state index < -0.39 is 0 Å². The van der Waals surface area contributed by atoms with Crippen LogP contribution in [0.5, 0.6) is 0 Å². The largest absolute Gasteiger partial charge is 0.459 e. The van der Waals surface area contributed by atoms with Gasteiger partial charge in [-0.05, 0) is 30.5 Å². The van der Waals surface area contributed by atoms with Gasteiger partial charge in [-0.2, -0.15) is 0 Å². The highest BCUT2D eigenvalue weighted by molar-refractivity contribution is 5.91. The molecule has 0 spiro atoms. The van der Waals surface area contributed by atoms with Crippen LogP contribution in [0.15, 0.2) is 53.1 Å². The molecule has 3 amide bonds. The SMILES string of the molecule is O=C(CCC1CNC(=O)C2CC(NC(=O)c3ccco3)CN12)NCc1ccccc1. The summed E-state index contributed by atoms with van der Waals surface area (Å²) in [7, 11) is 0. The maximum Gasteiger partial charge on any atom is 0.287 e. The number of fused-ring (bicyclic) bond motifs is 1. The van der Waals surface area contributed by atoms with Gasteiger partial charge in [-0.1, -0.05) is 30.3 Å². The number of hydrogen-bond acceptors (Lipinski definition) is 5. The Morgan fingerprint density at radius 1 is 1.17 bits per heavy atom. The molecule has 3 unspecified atom stereocenters. The molecule has 0 aliphatic carbocycles. The molecule has 3 heterocycles. The topological polar surface area (TPSA) is 104 Å². The van der Waals surface area contributed by atoms with Gasteiger partial charge in [0, 0.05) is 38.1 Å². The molecule has 2 aliphatic heterocycles. The molecule has 2 aromatic rings. The number of carbonyl (C=O) groups excluding carboxylic acids is 3. The van der Waals surface area contributed by atoms with Crippen molar-refractivity contribution in [3.05, 3.63) is 60.1 Å². The first-order chi connectivity index (χ1) is 14.6. The van der Waals surface area contributed by atoms with Gasteiger partial charge in [0.2, 0.25) is 11.8 Å². The Morgan fingerprint density at radius 2 is 2.00 bits per heavy atom. The Hall–Kier alpha value is -3.13. The highest BCUT2D eigenvalue weighted by atomic mass is 16.3. The van der Waals surface area contributed by atoms with Gasteiger partial charge in [0.15, 0.2) is 5.76 Å². The van der Waals surface area contributed by atoms with E-state index in [9.17, 15) is 14.4 Å². The fraction of sp³-hybridized carbons (Fsp3) is 0.409. The summed E-state index contributed by atoms with van der Waals surface area (Å²) in [6.45, 7) is 1.61. The van der Waals surface area contributed by atoms with Crippen molar-refractivity contribution in [3.63, 3.8) is 0 Å². The number of carbonyl (C=O) groups is 3. The van der Waals surface area contributed by atoms with Gasteiger partial charge in [0.05, 0.1) is 12.3 Å². The van der Waals surface area contributed by atoms with Gasteiger partial charge in [0.1, 0.15) is 0 Å². The smallest absolute Gasteiger partial charge is 0.287 e. The molecule has 0 saturated carbocycles. The number of nitrogens with zero attached hydrogens (tertiary/aromatic N) is 1. The van der Waals surface area contributed by atoms with E-state index in [-0.39, 0.29) is 41.6 Å². The fourth-order valence-corrected chi connectivity index (χ4v) is 4.20. The predicted molar refractivity (Wildman–Crippen MR) is 109 cm³/mol. The molecule has 4 rings (SSSR count). The van der Waals surface area contributed by atoms with Crippen molar-refractivity contribution < 1.29 is 18.8 Å². The summed E-state index contributed by atoms with van der Waals surface area (Å²) in [6, 6.07) is 12.7. The number of hydrogen-bond donors (Lipinski definition) is 3. The second-order valence-corrected chi connectivity index (χ2v) is 7.80. The lowest BCUT2D eigenvalue weighted by Gasteiger charge is -2.37. The zero-order chi connectivity index (χ0) is 20.9. The van der Waals surface area contributed by atoms with Gasteiger partial charge in [-0.25, -0.2) is 0 Å². The number of piperazine rings is 1. The van der Waals surface area contributed by atoms with E-state index in [1.165, 1.54) is 6.26 Å². The van der Waals surface area contributed by atoms with Crippen LogP contribution in [-0.2, 0) is 16.1 Å². The van der Waals surface area contributed by atoms with Gasteiger partial charge in [0.25, 0.3) is 5.91 Å². The Morgan fingerprint density at radius 3 is 2.77 bits per heavy atom. The first kappa shape index (κ1) is 20.2. The molecule has 2 saturated heterocycles. The molecule has 3 atom stereocenters. The van der Waals surface area contributed by atoms with E-state index in [1.54, 1.807) is 12.1 Å². The zero-order valence-corrected chi connectivity index (χ0v) is 16.7. The Kier molecular flexibility index (Phi) is 6.13. The summed E-state index contributed by atoms with van der Waals surface area (Å²) >= 11 is 0. The second-order valence-electron chi connectivity index (χ2n) is 7.80. The first-order valence-corrected chi connectivity index (χ1v) is 10.3. The molecular formula is C22H26N4O4. The van der Waals surface area contributed by atoms with Gasteiger partial charge < -0.3 is 20.4 Å². The predicted octanol–water partition coefficient (Wildman–Crippen LogP) is 1.05. The van der Waals surface area contributed by atoms with E-state index >= 15 is 0 Å². The lowest BCUT2D eigenvalue weighted by Crippen LogP contribution is -2.58. The van der Waals surface area contributed by atoms with E-state index in [2.05, 4.69) is 20.9 Å². The molecule has 158 valence electrons. The van der Waals surface area contributed by atoms with Gasteiger partial charge in [-0.15, -0.1) is 0 Å². The van der Waals surface area contributed by atoms with Crippen LogP contribution in [0.2, 0.25) is 0 Å². The second kappa shape index (κ2) is 9.13. The molecule has 0 radical (unpaired) electrons. The van der Waals surface area contributed by atoms with Crippen molar-refractivity contribution in [2.45, 2.75) is 43.9 Å². The van der Waals surface area contributed by atoms with Gasteiger partial charge in [-0.3, -0.25) is 19.3 Å². The molecule has 30 heavy (non-hydrogen) atoms. The number of amides is 3. The van der Waals surface area contributed by atoms with Crippen LogP contribution in [0.4, 0.5) is 0 Å². The quantitative estimate of drug-likeness (QED) is 0.633. The minimum absolute atomic E-state index is 0.00540. The number of furan rings is 1. The summed E-state index contributed by atoms with van der Waals surface area (Å²) in [5, 5.41) is 8.84. The molecule has 0 bridgehead atoms. The van der Waals surface area contributed by atoms with Crippen LogP contribution in [0.1, 0.15) is 35.4 Å². The van der Waals surface area contributed by atoms with E-state index in [4.69, 9.17) is 4.42 Å². The van der Waals surface area contributed by atoms with Crippen molar-refractivity contribution in [1.29, 1.82) is 0 Å². The molecule has 1 aromatic heterocycles.